The minimum Gasteiger partial charge on any atom is -0.477 e. The fourth-order valence-corrected chi connectivity index (χ4v) is 1.50. The van der Waals surface area contributed by atoms with Crippen molar-refractivity contribution in [2.45, 2.75) is 6.92 Å². The zero-order valence-electron chi connectivity index (χ0n) is 7.66. The van der Waals surface area contributed by atoms with E-state index in [9.17, 15) is 4.79 Å². The van der Waals surface area contributed by atoms with Gasteiger partial charge >= 0.3 is 5.97 Å². The largest absolute Gasteiger partial charge is 0.477 e. The number of anilines is 1. The third kappa shape index (κ3) is 1.12. The zero-order valence-corrected chi connectivity index (χ0v) is 7.66. The second kappa shape index (κ2) is 2.77. The molecule has 0 unspecified atom stereocenters. The van der Waals surface area contributed by atoms with Crippen molar-refractivity contribution in [2.24, 2.45) is 0 Å². The van der Waals surface area contributed by atoms with Gasteiger partial charge in [0, 0.05) is 11.1 Å². The fourth-order valence-electron chi connectivity index (χ4n) is 1.50. The van der Waals surface area contributed by atoms with Crippen LogP contribution in [0.15, 0.2) is 18.2 Å². The number of carboxylic acids is 1. The molecule has 4 nitrogen and oxygen atoms in total. The van der Waals surface area contributed by atoms with Crippen LogP contribution < -0.4 is 5.73 Å². The highest BCUT2D eigenvalue weighted by molar-refractivity contribution is 5.99. The molecular formula is C10H10N2O2. The van der Waals surface area contributed by atoms with Crippen molar-refractivity contribution in [3.05, 3.63) is 29.5 Å². The fraction of sp³-hybridized carbons (Fsp3) is 0.100. The first-order chi connectivity index (χ1) is 6.59. The van der Waals surface area contributed by atoms with Crippen LogP contribution in [0.5, 0.6) is 0 Å². The monoisotopic (exact) mass is 190 g/mol. The molecule has 0 radical (unpaired) electrons. The summed E-state index contributed by atoms with van der Waals surface area (Å²) in [7, 11) is 0. The number of hydrogen-bond donors (Lipinski definition) is 3. The highest BCUT2D eigenvalue weighted by atomic mass is 16.4. The molecule has 0 aliphatic rings. The summed E-state index contributed by atoms with van der Waals surface area (Å²) in [5, 5.41) is 9.56. The number of nitrogens with two attached hydrogens (primary N) is 1. The Hall–Kier alpha value is -1.97. The van der Waals surface area contributed by atoms with Gasteiger partial charge in [-0.2, -0.15) is 0 Å². The van der Waals surface area contributed by atoms with Gasteiger partial charge in [0.15, 0.2) is 0 Å². The molecule has 1 aromatic carbocycles. The molecule has 0 fully saturated rings. The molecular weight excluding hydrogens is 180 g/mol. The van der Waals surface area contributed by atoms with Crippen LogP contribution in [0.4, 0.5) is 5.69 Å². The lowest BCUT2D eigenvalue weighted by Crippen LogP contribution is -1.94. The summed E-state index contributed by atoms with van der Waals surface area (Å²) in [5.74, 6) is -0.972. The first-order valence-corrected chi connectivity index (χ1v) is 4.20. The van der Waals surface area contributed by atoms with E-state index in [4.69, 9.17) is 10.8 Å². The Morgan fingerprint density at radius 2 is 2.21 bits per heavy atom. The molecule has 0 bridgehead atoms. The minimum atomic E-state index is -0.972. The molecule has 0 spiro atoms. The number of benzene rings is 1. The number of hydrogen-bond acceptors (Lipinski definition) is 2. The first kappa shape index (κ1) is 8.62. The topological polar surface area (TPSA) is 79.1 Å². The maximum Gasteiger partial charge on any atom is 0.352 e. The van der Waals surface area contributed by atoms with Gasteiger partial charge in [0.05, 0.1) is 5.52 Å². The summed E-state index contributed by atoms with van der Waals surface area (Å²) >= 11 is 0. The first-order valence-electron chi connectivity index (χ1n) is 4.20. The molecule has 72 valence electrons. The Balaban J connectivity index is 2.82. The number of H-pyrrole nitrogens is 1. The van der Waals surface area contributed by atoms with Crippen molar-refractivity contribution in [1.29, 1.82) is 0 Å². The summed E-state index contributed by atoms with van der Waals surface area (Å²) in [6.45, 7) is 1.91. The Bertz CT molecular complexity index is 475. The molecule has 4 heteroatoms. The number of rotatable bonds is 1. The summed E-state index contributed by atoms with van der Waals surface area (Å²) in [6.07, 6.45) is 0. The number of nitrogen functional groups attached to an aromatic ring is 1. The predicted octanol–water partition coefficient (Wildman–Crippen LogP) is 1.76. The van der Waals surface area contributed by atoms with Crippen LogP contribution in [0.3, 0.4) is 0 Å². The Kier molecular flexibility index (Phi) is 1.70. The third-order valence-corrected chi connectivity index (χ3v) is 2.27. The summed E-state index contributed by atoms with van der Waals surface area (Å²) in [6, 6.07) is 5.19. The number of aromatic amines is 1. The van der Waals surface area contributed by atoms with E-state index in [2.05, 4.69) is 4.98 Å². The summed E-state index contributed by atoms with van der Waals surface area (Å²) in [5.41, 5.74) is 8.27. The Morgan fingerprint density at radius 3 is 2.79 bits per heavy atom. The van der Waals surface area contributed by atoms with Gasteiger partial charge in [-0.25, -0.2) is 4.79 Å². The van der Waals surface area contributed by atoms with E-state index in [0.717, 1.165) is 16.5 Å². The molecule has 0 aliphatic carbocycles. The predicted molar refractivity (Wildman–Crippen MR) is 54.4 cm³/mol. The number of fused-ring (bicyclic) bond motifs is 1. The molecule has 0 amide bonds. The molecule has 1 heterocycles. The third-order valence-electron chi connectivity index (χ3n) is 2.27. The highest BCUT2D eigenvalue weighted by Gasteiger charge is 2.10. The molecule has 0 aliphatic heterocycles. The molecule has 2 rings (SSSR count). The van der Waals surface area contributed by atoms with Crippen LogP contribution >= 0.6 is 0 Å². The van der Waals surface area contributed by atoms with E-state index in [1.54, 1.807) is 12.1 Å². The van der Waals surface area contributed by atoms with Gasteiger partial charge in [0.25, 0.3) is 0 Å². The molecule has 0 atom stereocenters. The highest BCUT2D eigenvalue weighted by Crippen LogP contribution is 2.24. The van der Waals surface area contributed by atoms with E-state index in [1.807, 2.05) is 13.0 Å². The summed E-state index contributed by atoms with van der Waals surface area (Å²) in [4.78, 5) is 13.5. The van der Waals surface area contributed by atoms with E-state index >= 15 is 0 Å². The molecule has 4 N–H and O–H groups in total. The van der Waals surface area contributed by atoms with Crippen LogP contribution in [0.1, 0.15) is 16.1 Å². The van der Waals surface area contributed by atoms with Crippen molar-refractivity contribution in [2.75, 3.05) is 5.73 Å². The van der Waals surface area contributed by atoms with Gasteiger partial charge in [-0.3, -0.25) is 0 Å². The van der Waals surface area contributed by atoms with Crippen molar-refractivity contribution in [3.63, 3.8) is 0 Å². The number of aromatic carboxylic acids is 1. The lowest BCUT2D eigenvalue weighted by Gasteiger charge is -1.98. The van der Waals surface area contributed by atoms with Crippen LogP contribution in [-0.2, 0) is 0 Å². The lowest BCUT2D eigenvalue weighted by molar-refractivity contribution is 0.0691. The minimum absolute atomic E-state index is 0.168. The van der Waals surface area contributed by atoms with Gasteiger partial charge in [0.2, 0.25) is 0 Å². The SMILES string of the molecule is Cc1ccc(N)c2cc(C(=O)O)[nH]c12. The number of aromatic nitrogens is 1. The van der Waals surface area contributed by atoms with Gasteiger partial charge in [-0.15, -0.1) is 0 Å². The summed E-state index contributed by atoms with van der Waals surface area (Å²) < 4.78 is 0. The molecule has 1 aromatic heterocycles. The Labute approximate surface area is 80.3 Å². The van der Waals surface area contributed by atoms with E-state index < -0.39 is 5.97 Å². The molecule has 14 heavy (non-hydrogen) atoms. The normalized spacial score (nSPS) is 10.6. The quantitative estimate of drug-likeness (QED) is 0.599. The van der Waals surface area contributed by atoms with Crippen LogP contribution in [-0.4, -0.2) is 16.1 Å². The van der Waals surface area contributed by atoms with Gasteiger partial charge < -0.3 is 15.8 Å². The average Bonchev–Trinajstić information content (AvgIpc) is 2.57. The standard InChI is InChI=1S/C10H10N2O2/c1-5-2-3-7(11)6-4-8(10(13)14)12-9(5)6/h2-4,12H,11H2,1H3,(H,13,14). The van der Waals surface area contributed by atoms with Crippen molar-refractivity contribution >= 4 is 22.6 Å². The van der Waals surface area contributed by atoms with Gasteiger partial charge in [-0.05, 0) is 24.6 Å². The zero-order chi connectivity index (χ0) is 10.3. The second-order valence-corrected chi connectivity index (χ2v) is 3.25. The molecule has 2 aromatic rings. The average molecular weight is 190 g/mol. The van der Waals surface area contributed by atoms with Crippen LogP contribution in [0.2, 0.25) is 0 Å². The van der Waals surface area contributed by atoms with Crippen LogP contribution in [0, 0.1) is 6.92 Å². The maximum atomic E-state index is 10.7. The van der Waals surface area contributed by atoms with Crippen molar-refractivity contribution in [1.82, 2.24) is 4.98 Å². The number of carboxylic acid groups (broad SMARTS) is 1. The van der Waals surface area contributed by atoms with E-state index in [1.165, 1.54) is 0 Å². The van der Waals surface area contributed by atoms with Gasteiger partial charge in [-0.1, -0.05) is 6.07 Å². The molecule has 0 saturated heterocycles. The maximum absolute atomic E-state index is 10.7. The van der Waals surface area contributed by atoms with E-state index in [-0.39, 0.29) is 5.69 Å². The number of nitrogens with one attached hydrogen (secondary N) is 1. The second-order valence-electron chi connectivity index (χ2n) is 3.25. The number of carbonyl (C=O) groups is 1. The van der Waals surface area contributed by atoms with Gasteiger partial charge in [0.1, 0.15) is 5.69 Å². The van der Waals surface area contributed by atoms with Crippen molar-refractivity contribution in [3.8, 4) is 0 Å². The van der Waals surface area contributed by atoms with Crippen molar-refractivity contribution < 1.29 is 9.90 Å². The number of aryl methyl sites for hydroxylation is 1. The van der Waals surface area contributed by atoms with Crippen LogP contribution in [0.25, 0.3) is 10.9 Å². The Morgan fingerprint density at radius 1 is 1.50 bits per heavy atom. The lowest BCUT2D eigenvalue weighted by atomic mass is 10.1. The smallest absolute Gasteiger partial charge is 0.352 e. The molecule has 0 saturated carbocycles. The van der Waals surface area contributed by atoms with E-state index in [0.29, 0.717) is 5.69 Å².